The number of methoxy groups -OCH3 is 1. The van der Waals surface area contributed by atoms with Gasteiger partial charge in [-0.3, -0.25) is 4.79 Å². The molecule has 0 radical (unpaired) electrons. The van der Waals surface area contributed by atoms with E-state index in [9.17, 15) is 4.79 Å². The monoisotopic (exact) mass is 185 g/mol. The van der Waals surface area contributed by atoms with Crippen LogP contribution in [0.4, 0.5) is 0 Å². The first-order valence-corrected chi connectivity index (χ1v) is 5.02. The largest absolute Gasteiger partial charge is 0.469 e. The molecule has 0 aromatic carbocycles. The van der Waals surface area contributed by atoms with E-state index in [1.54, 1.807) is 0 Å². The third-order valence-electron chi connectivity index (χ3n) is 2.69. The molecule has 3 heteroatoms. The second-order valence-electron chi connectivity index (χ2n) is 3.87. The van der Waals surface area contributed by atoms with Crippen molar-refractivity contribution in [3.8, 4) is 0 Å². The lowest BCUT2D eigenvalue weighted by Crippen LogP contribution is -2.31. The summed E-state index contributed by atoms with van der Waals surface area (Å²) in [4.78, 5) is 11.1. The van der Waals surface area contributed by atoms with Crippen molar-refractivity contribution in [1.29, 1.82) is 0 Å². The van der Waals surface area contributed by atoms with Gasteiger partial charge in [0.1, 0.15) is 0 Å². The molecule has 2 unspecified atom stereocenters. The summed E-state index contributed by atoms with van der Waals surface area (Å²) >= 11 is 0. The molecule has 1 aliphatic heterocycles. The molecule has 76 valence electrons. The normalized spacial score (nSPS) is 25.2. The first-order chi connectivity index (χ1) is 6.24. The molecule has 0 bridgehead atoms. The first-order valence-electron chi connectivity index (χ1n) is 5.02. The number of piperidine rings is 1. The van der Waals surface area contributed by atoms with Crippen LogP contribution in [0.5, 0.6) is 0 Å². The minimum atomic E-state index is -0.0782. The predicted octanol–water partition coefficient (Wildman–Crippen LogP) is 1.19. The van der Waals surface area contributed by atoms with Crippen LogP contribution in [0.1, 0.15) is 26.2 Å². The number of nitrogens with one attached hydrogen (secondary N) is 1. The van der Waals surface area contributed by atoms with Crippen molar-refractivity contribution in [2.75, 3.05) is 20.2 Å². The number of carbonyl (C=O) groups excluding carboxylic acids is 1. The van der Waals surface area contributed by atoms with E-state index in [2.05, 4.69) is 5.32 Å². The quantitative estimate of drug-likeness (QED) is 0.671. The maximum Gasteiger partial charge on any atom is 0.308 e. The molecule has 0 spiro atoms. The molecule has 0 amide bonds. The average Bonchev–Trinajstić information content (AvgIpc) is 2.18. The molecular formula is C10H19NO2. The van der Waals surface area contributed by atoms with Crippen molar-refractivity contribution in [2.45, 2.75) is 26.2 Å². The first kappa shape index (κ1) is 10.5. The van der Waals surface area contributed by atoms with Gasteiger partial charge in [-0.2, -0.15) is 0 Å². The summed E-state index contributed by atoms with van der Waals surface area (Å²) in [5.41, 5.74) is 0. The molecule has 13 heavy (non-hydrogen) atoms. The zero-order valence-electron chi connectivity index (χ0n) is 8.51. The number of esters is 1. The molecule has 0 saturated carbocycles. The molecule has 0 aromatic heterocycles. The maximum absolute atomic E-state index is 11.1. The van der Waals surface area contributed by atoms with Crippen LogP contribution >= 0.6 is 0 Å². The Bertz CT molecular complexity index is 164. The fourth-order valence-corrected chi connectivity index (χ4v) is 1.92. The number of carbonyl (C=O) groups is 1. The molecule has 1 N–H and O–H groups in total. The highest BCUT2D eigenvalue weighted by Crippen LogP contribution is 2.19. The Labute approximate surface area is 79.8 Å². The van der Waals surface area contributed by atoms with Crippen molar-refractivity contribution in [3.05, 3.63) is 0 Å². The highest BCUT2D eigenvalue weighted by molar-refractivity contribution is 5.71. The molecule has 2 atom stereocenters. The van der Waals surface area contributed by atoms with Crippen molar-refractivity contribution < 1.29 is 9.53 Å². The van der Waals surface area contributed by atoms with Gasteiger partial charge >= 0.3 is 5.97 Å². The van der Waals surface area contributed by atoms with Gasteiger partial charge in [-0.25, -0.2) is 0 Å². The molecule has 1 fully saturated rings. The van der Waals surface area contributed by atoms with Crippen LogP contribution in [0.15, 0.2) is 0 Å². The number of hydrogen-bond donors (Lipinski definition) is 1. The van der Waals surface area contributed by atoms with Crippen LogP contribution in [0.2, 0.25) is 0 Å². The van der Waals surface area contributed by atoms with E-state index in [1.807, 2.05) is 6.92 Å². The fraction of sp³-hybridized carbons (Fsp3) is 0.900. The average molecular weight is 185 g/mol. The van der Waals surface area contributed by atoms with E-state index in [0.29, 0.717) is 5.92 Å². The van der Waals surface area contributed by atoms with Crippen molar-refractivity contribution >= 4 is 5.97 Å². The Morgan fingerprint density at radius 2 is 2.46 bits per heavy atom. The molecule has 1 heterocycles. The van der Waals surface area contributed by atoms with Crippen LogP contribution in [0.3, 0.4) is 0 Å². The van der Waals surface area contributed by atoms with Gasteiger partial charge in [0.25, 0.3) is 0 Å². The SMILES string of the molecule is COC(=O)C(C)CC1CCCNC1. The van der Waals surface area contributed by atoms with E-state index >= 15 is 0 Å². The summed E-state index contributed by atoms with van der Waals surface area (Å²) < 4.78 is 4.69. The smallest absolute Gasteiger partial charge is 0.308 e. The van der Waals surface area contributed by atoms with E-state index in [0.717, 1.165) is 19.5 Å². The second-order valence-corrected chi connectivity index (χ2v) is 3.87. The Hall–Kier alpha value is -0.570. The summed E-state index contributed by atoms with van der Waals surface area (Å²) in [6, 6.07) is 0. The minimum Gasteiger partial charge on any atom is -0.469 e. The van der Waals surface area contributed by atoms with Gasteiger partial charge in [0, 0.05) is 0 Å². The van der Waals surface area contributed by atoms with Gasteiger partial charge in [0.15, 0.2) is 0 Å². The minimum absolute atomic E-state index is 0.0508. The van der Waals surface area contributed by atoms with Gasteiger partial charge in [-0.15, -0.1) is 0 Å². The Morgan fingerprint density at radius 3 is 3.00 bits per heavy atom. The van der Waals surface area contributed by atoms with Crippen molar-refractivity contribution in [2.24, 2.45) is 11.8 Å². The van der Waals surface area contributed by atoms with Crippen LogP contribution in [0, 0.1) is 11.8 Å². The third-order valence-corrected chi connectivity index (χ3v) is 2.69. The van der Waals surface area contributed by atoms with Gasteiger partial charge in [0.2, 0.25) is 0 Å². The Balaban J connectivity index is 2.25. The Morgan fingerprint density at radius 1 is 1.69 bits per heavy atom. The van der Waals surface area contributed by atoms with Gasteiger partial charge in [-0.05, 0) is 38.3 Å². The molecule has 1 aliphatic rings. The molecule has 0 aromatic rings. The summed E-state index contributed by atoms with van der Waals surface area (Å²) in [6.07, 6.45) is 3.44. The van der Waals surface area contributed by atoms with Gasteiger partial charge < -0.3 is 10.1 Å². The number of hydrogen-bond acceptors (Lipinski definition) is 3. The molecule has 3 nitrogen and oxygen atoms in total. The third kappa shape index (κ3) is 3.35. The lowest BCUT2D eigenvalue weighted by molar-refractivity contribution is -0.145. The molecule has 0 aliphatic carbocycles. The van der Waals surface area contributed by atoms with E-state index in [1.165, 1.54) is 20.0 Å². The summed E-state index contributed by atoms with van der Waals surface area (Å²) in [5, 5.41) is 3.35. The van der Waals surface area contributed by atoms with E-state index in [4.69, 9.17) is 4.74 Å². The van der Waals surface area contributed by atoms with E-state index < -0.39 is 0 Å². The van der Waals surface area contributed by atoms with Crippen molar-refractivity contribution in [1.82, 2.24) is 5.32 Å². The zero-order chi connectivity index (χ0) is 9.68. The van der Waals surface area contributed by atoms with Gasteiger partial charge in [-0.1, -0.05) is 6.92 Å². The lowest BCUT2D eigenvalue weighted by Gasteiger charge is -2.24. The summed E-state index contributed by atoms with van der Waals surface area (Å²) in [5.74, 6) is 0.628. The van der Waals surface area contributed by atoms with Crippen LogP contribution in [-0.4, -0.2) is 26.2 Å². The fourth-order valence-electron chi connectivity index (χ4n) is 1.92. The van der Waals surface area contributed by atoms with E-state index in [-0.39, 0.29) is 11.9 Å². The molecular weight excluding hydrogens is 166 g/mol. The van der Waals surface area contributed by atoms with Gasteiger partial charge in [0.05, 0.1) is 13.0 Å². The topological polar surface area (TPSA) is 38.3 Å². The Kier molecular flexibility index (Phi) is 4.22. The summed E-state index contributed by atoms with van der Waals surface area (Å²) in [6.45, 7) is 4.13. The number of ether oxygens (including phenoxy) is 1. The van der Waals surface area contributed by atoms with Crippen molar-refractivity contribution in [3.63, 3.8) is 0 Å². The second kappa shape index (κ2) is 5.22. The summed E-state index contributed by atoms with van der Waals surface area (Å²) in [7, 11) is 1.46. The predicted molar refractivity (Wildman–Crippen MR) is 51.4 cm³/mol. The van der Waals surface area contributed by atoms with Crippen LogP contribution in [-0.2, 0) is 9.53 Å². The highest BCUT2D eigenvalue weighted by Gasteiger charge is 2.20. The van der Waals surface area contributed by atoms with Crippen LogP contribution in [0.25, 0.3) is 0 Å². The maximum atomic E-state index is 11.1. The zero-order valence-corrected chi connectivity index (χ0v) is 8.51. The molecule has 1 saturated heterocycles. The van der Waals surface area contributed by atoms with Crippen LogP contribution < -0.4 is 5.32 Å². The lowest BCUT2D eigenvalue weighted by atomic mass is 9.90. The molecule has 1 rings (SSSR count). The standard InChI is InChI=1S/C10H19NO2/c1-8(10(12)13-2)6-9-4-3-5-11-7-9/h8-9,11H,3-7H2,1-2H3. The number of rotatable bonds is 3. The highest BCUT2D eigenvalue weighted by atomic mass is 16.5.